The van der Waals surface area contributed by atoms with E-state index in [1.807, 2.05) is 0 Å². The van der Waals surface area contributed by atoms with Crippen LogP contribution in [-0.2, 0) is 19.6 Å². The van der Waals surface area contributed by atoms with Crippen molar-refractivity contribution in [2.24, 2.45) is 5.92 Å². The van der Waals surface area contributed by atoms with E-state index in [-0.39, 0.29) is 24.1 Å². The smallest absolute Gasteiger partial charge is 0.308 e. The Balaban J connectivity index is 2.10. The van der Waals surface area contributed by atoms with Crippen molar-refractivity contribution < 1.29 is 27.3 Å². The SMILES string of the molecule is CN(C(=O)c1noc([C@H](CCCC2CCCCC2)CC(=O)OC(C)(C)C)n1)S(C)(=O)=O. The highest BCUT2D eigenvalue weighted by Crippen LogP contribution is 2.31. The molecule has 0 saturated heterocycles. The van der Waals surface area contributed by atoms with Gasteiger partial charge in [0.1, 0.15) is 5.60 Å². The van der Waals surface area contributed by atoms with Crippen LogP contribution in [0.3, 0.4) is 0 Å². The maximum absolute atomic E-state index is 12.4. The molecule has 2 rings (SSSR count). The van der Waals surface area contributed by atoms with E-state index >= 15 is 0 Å². The summed E-state index contributed by atoms with van der Waals surface area (Å²) in [4.78, 5) is 28.9. The van der Waals surface area contributed by atoms with Gasteiger partial charge in [0.25, 0.3) is 5.82 Å². The highest BCUT2D eigenvalue weighted by atomic mass is 32.2. The molecule has 1 aliphatic carbocycles. The van der Waals surface area contributed by atoms with E-state index in [4.69, 9.17) is 9.26 Å². The molecule has 0 N–H and O–H groups in total. The van der Waals surface area contributed by atoms with Gasteiger partial charge in [-0.25, -0.2) is 12.7 Å². The third-order valence-electron chi connectivity index (χ3n) is 5.49. The van der Waals surface area contributed by atoms with Crippen molar-refractivity contribution in [1.29, 1.82) is 0 Å². The number of carbonyl (C=O) groups is 2. The predicted octanol–water partition coefficient (Wildman–Crippen LogP) is 3.67. The Kier molecular flexibility index (Phi) is 8.62. The van der Waals surface area contributed by atoms with Gasteiger partial charge in [-0.05, 0) is 33.1 Å². The molecule has 176 valence electrons. The molecule has 1 aromatic heterocycles. The van der Waals surface area contributed by atoms with Crippen LogP contribution >= 0.6 is 0 Å². The first-order chi connectivity index (χ1) is 14.4. The number of esters is 1. The van der Waals surface area contributed by atoms with Crippen LogP contribution < -0.4 is 0 Å². The van der Waals surface area contributed by atoms with Crippen molar-refractivity contribution in [3.05, 3.63) is 11.7 Å². The second kappa shape index (κ2) is 10.6. The largest absolute Gasteiger partial charge is 0.460 e. The van der Waals surface area contributed by atoms with Crippen molar-refractivity contribution in [3.8, 4) is 0 Å². The molecule has 1 aliphatic rings. The van der Waals surface area contributed by atoms with Crippen LogP contribution in [0, 0.1) is 5.92 Å². The molecule has 0 radical (unpaired) electrons. The van der Waals surface area contributed by atoms with Gasteiger partial charge in [-0.15, -0.1) is 0 Å². The lowest BCUT2D eigenvalue weighted by molar-refractivity contribution is -0.155. The number of rotatable bonds is 9. The number of amides is 1. The molecule has 0 aliphatic heterocycles. The van der Waals surface area contributed by atoms with Crippen LogP contribution in [0.15, 0.2) is 4.52 Å². The average molecular weight is 458 g/mol. The molecule has 1 atom stereocenters. The quantitative estimate of drug-likeness (QED) is 0.515. The minimum absolute atomic E-state index is 0.0552. The summed E-state index contributed by atoms with van der Waals surface area (Å²) in [5, 5.41) is 3.66. The molecule has 0 spiro atoms. The van der Waals surface area contributed by atoms with Crippen molar-refractivity contribution in [2.75, 3.05) is 13.3 Å². The minimum Gasteiger partial charge on any atom is -0.460 e. The standard InChI is InChI=1S/C21H35N3O6S/c1-21(2,3)29-17(25)14-16(13-9-12-15-10-7-6-8-11-15)19-22-18(23-30-19)20(26)24(4)31(5,27)28/h15-16H,6-14H2,1-5H3/t16-/m1/s1. The third kappa shape index (κ3) is 8.23. The Morgan fingerprint density at radius 3 is 2.45 bits per heavy atom. The summed E-state index contributed by atoms with van der Waals surface area (Å²) in [6.45, 7) is 5.40. The van der Waals surface area contributed by atoms with Crippen molar-refractivity contribution in [2.45, 2.75) is 90.1 Å². The molecule has 0 unspecified atom stereocenters. The zero-order valence-corrected chi connectivity index (χ0v) is 20.0. The van der Waals surface area contributed by atoms with Crippen LogP contribution in [0.5, 0.6) is 0 Å². The van der Waals surface area contributed by atoms with Crippen molar-refractivity contribution in [3.63, 3.8) is 0 Å². The molecule has 10 heteroatoms. The summed E-state index contributed by atoms with van der Waals surface area (Å²) in [6, 6.07) is 0. The minimum atomic E-state index is -3.74. The Bertz CT molecular complexity index is 853. The lowest BCUT2D eigenvalue weighted by Gasteiger charge is -2.23. The number of sulfonamides is 1. The highest BCUT2D eigenvalue weighted by molar-refractivity contribution is 7.88. The van der Waals surface area contributed by atoms with Crippen molar-refractivity contribution in [1.82, 2.24) is 14.4 Å². The number of aromatic nitrogens is 2. The monoisotopic (exact) mass is 457 g/mol. The lowest BCUT2D eigenvalue weighted by atomic mass is 9.84. The van der Waals surface area contributed by atoms with E-state index < -0.39 is 27.4 Å². The Morgan fingerprint density at radius 1 is 1.23 bits per heavy atom. The summed E-state index contributed by atoms with van der Waals surface area (Å²) >= 11 is 0. The number of carbonyl (C=O) groups excluding carboxylic acids is 2. The van der Waals surface area contributed by atoms with E-state index in [0.717, 1.165) is 26.1 Å². The van der Waals surface area contributed by atoms with Crippen LogP contribution in [0.1, 0.15) is 101 Å². The fourth-order valence-corrected chi connectivity index (χ4v) is 4.19. The normalized spacial score (nSPS) is 16.7. The number of hydrogen-bond acceptors (Lipinski definition) is 8. The molecule has 1 saturated carbocycles. The molecule has 1 aromatic rings. The van der Waals surface area contributed by atoms with Gasteiger partial charge >= 0.3 is 11.9 Å². The van der Waals surface area contributed by atoms with Gasteiger partial charge in [0.15, 0.2) is 0 Å². The van der Waals surface area contributed by atoms with Gasteiger partial charge in [-0.1, -0.05) is 50.1 Å². The van der Waals surface area contributed by atoms with Gasteiger partial charge in [0.05, 0.1) is 12.7 Å². The molecule has 0 bridgehead atoms. The predicted molar refractivity (Wildman–Crippen MR) is 115 cm³/mol. The van der Waals surface area contributed by atoms with Crippen LogP contribution in [0.2, 0.25) is 0 Å². The highest BCUT2D eigenvalue weighted by Gasteiger charge is 2.29. The molecule has 1 amide bonds. The average Bonchev–Trinajstić information content (AvgIpc) is 3.14. The molecular formula is C21H35N3O6S. The first kappa shape index (κ1) is 25.3. The van der Waals surface area contributed by atoms with E-state index in [0.29, 0.717) is 16.6 Å². The van der Waals surface area contributed by atoms with Crippen LogP contribution in [0.4, 0.5) is 0 Å². The Labute approximate surface area is 185 Å². The third-order valence-corrected chi connectivity index (χ3v) is 6.65. The van der Waals surface area contributed by atoms with Crippen LogP contribution in [0.25, 0.3) is 0 Å². The molecule has 0 aromatic carbocycles. The second-order valence-electron chi connectivity index (χ2n) is 9.41. The molecule has 1 heterocycles. The summed E-state index contributed by atoms with van der Waals surface area (Å²) in [7, 11) is -2.60. The van der Waals surface area contributed by atoms with Gasteiger partial charge in [0.2, 0.25) is 15.9 Å². The fourth-order valence-electron chi connectivity index (χ4n) is 3.81. The topological polar surface area (TPSA) is 120 Å². The van der Waals surface area contributed by atoms with E-state index in [9.17, 15) is 18.0 Å². The molecule has 1 fully saturated rings. The summed E-state index contributed by atoms with van der Waals surface area (Å²) < 4.78 is 34.5. The maximum Gasteiger partial charge on any atom is 0.308 e. The fraction of sp³-hybridized carbons (Fsp3) is 0.810. The summed E-state index contributed by atoms with van der Waals surface area (Å²) in [5.41, 5.74) is -0.613. The molecule has 31 heavy (non-hydrogen) atoms. The Hall–Kier alpha value is -1.97. The number of hydrogen-bond donors (Lipinski definition) is 0. The molecular weight excluding hydrogens is 422 g/mol. The summed E-state index contributed by atoms with van der Waals surface area (Å²) in [6.07, 6.45) is 9.92. The van der Waals surface area contributed by atoms with Crippen molar-refractivity contribution >= 4 is 21.9 Å². The summed E-state index contributed by atoms with van der Waals surface area (Å²) in [5.74, 6) is -1.13. The zero-order valence-electron chi connectivity index (χ0n) is 19.2. The van der Waals surface area contributed by atoms with Gasteiger partial charge < -0.3 is 9.26 Å². The van der Waals surface area contributed by atoms with E-state index in [1.54, 1.807) is 20.8 Å². The van der Waals surface area contributed by atoms with Crippen LogP contribution in [-0.4, -0.2) is 53.6 Å². The number of nitrogens with zero attached hydrogens (tertiary/aromatic N) is 3. The lowest BCUT2D eigenvalue weighted by Crippen LogP contribution is -2.33. The Morgan fingerprint density at radius 2 is 1.87 bits per heavy atom. The molecule has 9 nitrogen and oxygen atoms in total. The van der Waals surface area contributed by atoms with Gasteiger partial charge in [-0.2, -0.15) is 4.98 Å². The number of ether oxygens (including phenoxy) is 1. The van der Waals surface area contributed by atoms with Gasteiger partial charge in [-0.3, -0.25) is 9.59 Å². The van der Waals surface area contributed by atoms with Gasteiger partial charge in [0, 0.05) is 13.0 Å². The zero-order chi connectivity index (χ0) is 23.2. The maximum atomic E-state index is 12.4. The first-order valence-electron chi connectivity index (χ1n) is 10.9. The van der Waals surface area contributed by atoms with E-state index in [2.05, 4.69) is 10.1 Å². The first-order valence-corrected chi connectivity index (χ1v) is 12.8. The second-order valence-corrected chi connectivity index (χ2v) is 11.4. The van der Waals surface area contributed by atoms with E-state index in [1.165, 1.54) is 32.1 Å².